The van der Waals surface area contributed by atoms with Crippen molar-refractivity contribution in [3.05, 3.63) is 24.3 Å². The molecule has 1 heterocycles. The number of methoxy groups -OCH3 is 1. The van der Waals surface area contributed by atoms with Gasteiger partial charge >= 0.3 is 0 Å². The lowest BCUT2D eigenvalue weighted by atomic mass is 9.84. The van der Waals surface area contributed by atoms with Crippen LogP contribution in [0.15, 0.2) is 24.3 Å². The van der Waals surface area contributed by atoms with Crippen LogP contribution in [0, 0.1) is 17.2 Å². The Kier molecular flexibility index (Phi) is 7.55. The summed E-state index contributed by atoms with van der Waals surface area (Å²) in [5, 5.41) is 11.6. The number of hydrogen-bond acceptors (Lipinski definition) is 5. The van der Waals surface area contributed by atoms with Crippen LogP contribution in [0.4, 0.5) is 5.69 Å². The monoisotopic (exact) mass is 384 g/mol. The number of carbonyl (C=O) groups excluding carboxylic acids is 1. The molecule has 1 N–H and O–H groups in total. The lowest BCUT2D eigenvalue weighted by Crippen LogP contribution is -2.47. The van der Waals surface area contributed by atoms with Crippen molar-refractivity contribution in [1.82, 2.24) is 10.2 Å². The fourth-order valence-corrected chi connectivity index (χ4v) is 4.41. The van der Waals surface area contributed by atoms with Crippen LogP contribution in [0.1, 0.15) is 38.5 Å². The molecule has 0 unspecified atom stereocenters. The van der Waals surface area contributed by atoms with E-state index in [2.05, 4.69) is 27.2 Å². The molecule has 1 saturated carbocycles. The molecule has 1 saturated heterocycles. The molecule has 1 amide bonds. The van der Waals surface area contributed by atoms with Crippen molar-refractivity contribution in [2.24, 2.45) is 5.92 Å². The first-order valence-corrected chi connectivity index (χ1v) is 10.5. The molecule has 1 aromatic rings. The zero-order valence-electron chi connectivity index (χ0n) is 16.9. The third kappa shape index (κ3) is 5.62. The van der Waals surface area contributed by atoms with Crippen LogP contribution in [0.3, 0.4) is 0 Å². The third-order valence-electron chi connectivity index (χ3n) is 6.10. The summed E-state index contributed by atoms with van der Waals surface area (Å²) < 4.78 is 5.50. The van der Waals surface area contributed by atoms with Gasteiger partial charge in [0.05, 0.1) is 18.9 Å². The van der Waals surface area contributed by atoms with Crippen LogP contribution in [-0.2, 0) is 4.79 Å². The minimum Gasteiger partial charge on any atom is -0.495 e. The molecule has 0 aromatic heterocycles. The SMILES string of the molecule is COc1ccccc1N1CCN(CCC2CCC(NC(=O)CC#N)CC2)CC1. The van der Waals surface area contributed by atoms with E-state index >= 15 is 0 Å². The molecule has 6 heteroatoms. The molecular weight excluding hydrogens is 352 g/mol. The van der Waals surface area contributed by atoms with Crippen molar-refractivity contribution in [3.8, 4) is 11.8 Å². The van der Waals surface area contributed by atoms with E-state index in [0.29, 0.717) is 0 Å². The topological polar surface area (TPSA) is 68.6 Å². The molecule has 0 radical (unpaired) electrons. The number of ether oxygens (including phenoxy) is 1. The second kappa shape index (κ2) is 10.3. The van der Waals surface area contributed by atoms with Crippen molar-refractivity contribution >= 4 is 11.6 Å². The van der Waals surface area contributed by atoms with Gasteiger partial charge in [-0.25, -0.2) is 0 Å². The molecule has 1 aliphatic carbocycles. The van der Waals surface area contributed by atoms with E-state index in [1.807, 2.05) is 18.2 Å². The lowest BCUT2D eigenvalue weighted by molar-refractivity contribution is -0.121. The Balaban J connectivity index is 1.35. The summed E-state index contributed by atoms with van der Waals surface area (Å²) in [6.45, 7) is 5.43. The molecule has 152 valence electrons. The summed E-state index contributed by atoms with van der Waals surface area (Å²) in [5.41, 5.74) is 1.20. The smallest absolute Gasteiger partial charge is 0.234 e. The molecule has 0 atom stereocenters. The van der Waals surface area contributed by atoms with Crippen LogP contribution in [0.5, 0.6) is 5.75 Å². The van der Waals surface area contributed by atoms with Crippen molar-refractivity contribution in [3.63, 3.8) is 0 Å². The highest BCUT2D eigenvalue weighted by Crippen LogP contribution is 2.29. The Morgan fingerprint density at radius 2 is 1.89 bits per heavy atom. The van der Waals surface area contributed by atoms with E-state index in [0.717, 1.165) is 57.2 Å². The first-order valence-electron chi connectivity index (χ1n) is 10.5. The standard InChI is InChI=1S/C22H32N4O2/c1-28-21-5-3-2-4-20(21)26-16-14-25(15-17-26)13-11-18-6-8-19(9-7-18)24-22(27)10-12-23/h2-5,18-19H,6-11,13-17H2,1H3,(H,24,27). The molecule has 1 aromatic carbocycles. The maximum Gasteiger partial charge on any atom is 0.234 e. The van der Waals surface area contributed by atoms with E-state index in [9.17, 15) is 4.79 Å². The van der Waals surface area contributed by atoms with Gasteiger partial charge in [-0.1, -0.05) is 12.1 Å². The normalized spacial score (nSPS) is 23.1. The van der Waals surface area contributed by atoms with Gasteiger partial charge in [0.25, 0.3) is 0 Å². The van der Waals surface area contributed by atoms with Gasteiger partial charge in [0.2, 0.25) is 5.91 Å². The number of amides is 1. The largest absolute Gasteiger partial charge is 0.495 e. The number of piperazine rings is 1. The number of nitrogens with zero attached hydrogens (tertiary/aromatic N) is 3. The Bertz CT molecular complexity index is 671. The average molecular weight is 385 g/mol. The summed E-state index contributed by atoms with van der Waals surface area (Å²) in [7, 11) is 1.73. The van der Waals surface area contributed by atoms with E-state index in [4.69, 9.17) is 10.00 Å². The second-order valence-electron chi connectivity index (χ2n) is 7.91. The Morgan fingerprint density at radius 3 is 2.57 bits per heavy atom. The van der Waals surface area contributed by atoms with Crippen molar-refractivity contribution in [1.29, 1.82) is 5.26 Å². The van der Waals surface area contributed by atoms with Crippen molar-refractivity contribution in [2.75, 3.05) is 44.7 Å². The van der Waals surface area contributed by atoms with Crippen LogP contribution in [0.25, 0.3) is 0 Å². The molecule has 6 nitrogen and oxygen atoms in total. The maximum absolute atomic E-state index is 11.5. The lowest BCUT2D eigenvalue weighted by Gasteiger charge is -2.37. The first-order chi connectivity index (χ1) is 13.7. The van der Waals surface area contributed by atoms with Gasteiger partial charge < -0.3 is 15.0 Å². The molecule has 3 rings (SSSR count). The van der Waals surface area contributed by atoms with Gasteiger partial charge in [-0.05, 0) is 56.7 Å². The number of hydrogen-bond donors (Lipinski definition) is 1. The number of para-hydroxylation sites is 2. The van der Waals surface area contributed by atoms with Crippen LogP contribution in [-0.4, -0.2) is 56.7 Å². The summed E-state index contributed by atoms with van der Waals surface area (Å²) in [6.07, 6.45) is 5.67. The predicted octanol–water partition coefficient (Wildman–Crippen LogP) is 2.80. The zero-order valence-corrected chi connectivity index (χ0v) is 16.9. The van der Waals surface area contributed by atoms with Crippen LogP contribution < -0.4 is 15.0 Å². The Labute approximate surface area is 168 Å². The van der Waals surface area contributed by atoms with Crippen LogP contribution >= 0.6 is 0 Å². The molecular formula is C22H32N4O2. The van der Waals surface area contributed by atoms with Gasteiger partial charge in [-0.2, -0.15) is 5.26 Å². The number of nitriles is 1. The molecule has 28 heavy (non-hydrogen) atoms. The van der Waals surface area contributed by atoms with Gasteiger partial charge in [-0.15, -0.1) is 0 Å². The minimum atomic E-state index is -0.126. The Morgan fingerprint density at radius 1 is 1.18 bits per heavy atom. The molecule has 2 aliphatic rings. The second-order valence-corrected chi connectivity index (χ2v) is 7.91. The molecule has 2 fully saturated rings. The summed E-state index contributed by atoms with van der Waals surface area (Å²) in [4.78, 5) is 16.5. The highest BCUT2D eigenvalue weighted by Gasteiger charge is 2.24. The number of anilines is 1. The number of rotatable bonds is 7. The van der Waals surface area contributed by atoms with Gasteiger partial charge in [-0.3, -0.25) is 9.69 Å². The highest BCUT2D eigenvalue weighted by atomic mass is 16.5. The van der Waals surface area contributed by atoms with E-state index in [1.165, 1.54) is 24.9 Å². The minimum absolute atomic E-state index is 0.0270. The zero-order chi connectivity index (χ0) is 19.8. The predicted molar refractivity (Wildman–Crippen MR) is 110 cm³/mol. The fourth-order valence-electron chi connectivity index (χ4n) is 4.41. The average Bonchev–Trinajstić information content (AvgIpc) is 2.74. The fraction of sp³-hybridized carbons (Fsp3) is 0.636. The van der Waals surface area contributed by atoms with E-state index in [1.54, 1.807) is 7.11 Å². The van der Waals surface area contributed by atoms with E-state index < -0.39 is 0 Å². The molecule has 0 bridgehead atoms. The maximum atomic E-state index is 11.5. The van der Waals surface area contributed by atoms with Crippen molar-refractivity contribution in [2.45, 2.75) is 44.6 Å². The molecule has 1 aliphatic heterocycles. The summed E-state index contributed by atoms with van der Waals surface area (Å²) in [6, 6.07) is 10.4. The first kappa shape index (κ1) is 20.5. The van der Waals surface area contributed by atoms with Crippen LogP contribution in [0.2, 0.25) is 0 Å². The van der Waals surface area contributed by atoms with E-state index in [-0.39, 0.29) is 18.4 Å². The quantitative estimate of drug-likeness (QED) is 0.783. The van der Waals surface area contributed by atoms with Gasteiger partial charge in [0, 0.05) is 32.2 Å². The molecule has 0 spiro atoms. The Hall–Kier alpha value is -2.26. The number of benzene rings is 1. The summed E-state index contributed by atoms with van der Waals surface area (Å²) in [5.74, 6) is 1.59. The number of nitrogens with one attached hydrogen (secondary N) is 1. The highest BCUT2D eigenvalue weighted by molar-refractivity contribution is 5.78. The summed E-state index contributed by atoms with van der Waals surface area (Å²) >= 11 is 0. The van der Waals surface area contributed by atoms with Crippen molar-refractivity contribution < 1.29 is 9.53 Å². The van der Waals surface area contributed by atoms with Gasteiger partial charge in [0.1, 0.15) is 12.2 Å². The number of carbonyl (C=O) groups is 1. The third-order valence-corrected chi connectivity index (χ3v) is 6.10. The van der Waals surface area contributed by atoms with Gasteiger partial charge in [0.15, 0.2) is 0 Å².